The quantitative estimate of drug-likeness (QED) is 0.754. The van der Waals surface area contributed by atoms with E-state index in [4.69, 9.17) is 11.5 Å². The van der Waals surface area contributed by atoms with E-state index in [1.165, 1.54) is 31.2 Å². The Morgan fingerprint density at radius 2 is 1.90 bits per heavy atom. The number of halogens is 2. The lowest BCUT2D eigenvalue weighted by Gasteiger charge is -2.13. The number of hydrogen-bond donors (Lipinski definition) is 3. The van der Waals surface area contributed by atoms with Gasteiger partial charge in [0.25, 0.3) is 0 Å². The van der Waals surface area contributed by atoms with E-state index in [0.29, 0.717) is 5.56 Å². The van der Waals surface area contributed by atoms with Crippen LogP contribution in [0.3, 0.4) is 0 Å². The van der Waals surface area contributed by atoms with Gasteiger partial charge in [0.15, 0.2) is 5.82 Å². The van der Waals surface area contributed by atoms with Crippen molar-refractivity contribution in [3.05, 3.63) is 53.1 Å². The summed E-state index contributed by atoms with van der Waals surface area (Å²) in [6.45, 7) is 1.52. The molecule has 4 nitrogen and oxygen atoms in total. The minimum atomic E-state index is -0.753. The molecule has 0 aliphatic carbocycles. The molecule has 0 fully saturated rings. The van der Waals surface area contributed by atoms with Gasteiger partial charge in [-0.05, 0) is 36.8 Å². The molecule has 0 saturated carbocycles. The van der Waals surface area contributed by atoms with Crippen molar-refractivity contribution >= 4 is 23.0 Å². The maximum absolute atomic E-state index is 13.9. The van der Waals surface area contributed by atoms with Crippen LogP contribution in [-0.2, 0) is 0 Å². The minimum absolute atomic E-state index is 0.190. The van der Waals surface area contributed by atoms with Gasteiger partial charge in [0, 0.05) is 5.56 Å². The lowest BCUT2D eigenvalue weighted by molar-refractivity contribution is 0.100. The average molecular weight is 277 g/mol. The van der Waals surface area contributed by atoms with Crippen LogP contribution in [0.1, 0.15) is 15.9 Å². The molecule has 104 valence electrons. The molecule has 1 amide bonds. The number of primary amides is 1. The zero-order chi connectivity index (χ0) is 14.9. The molecule has 0 bridgehead atoms. The molecule has 5 N–H and O–H groups in total. The smallest absolute Gasteiger partial charge is 0.248 e. The minimum Gasteiger partial charge on any atom is -0.397 e. The van der Waals surface area contributed by atoms with Crippen LogP contribution in [-0.4, -0.2) is 5.91 Å². The molecule has 0 spiro atoms. The summed E-state index contributed by atoms with van der Waals surface area (Å²) in [5.41, 5.74) is 11.5. The van der Waals surface area contributed by atoms with Crippen LogP contribution in [0.25, 0.3) is 0 Å². The molecule has 0 aliphatic rings. The van der Waals surface area contributed by atoms with Gasteiger partial charge in [0.05, 0.1) is 11.4 Å². The highest BCUT2D eigenvalue weighted by Crippen LogP contribution is 2.29. The van der Waals surface area contributed by atoms with Crippen LogP contribution < -0.4 is 16.8 Å². The van der Waals surface area contributed by atoms with Crippen LogP contribution in [0.5, 0.6) is 0 Å². The van der Waals surface area contributed by atoms with E-state index >= 15 is 0 Å². The van der Waals surface area contributed by atoms with E-state index in [0.717, 1.165) is 6.07 Å². The summed E-state index contributed by atoms with van der Waals surface area (Å²) in [4.78, 5) is 11.1. The zero-order valence-electron chi connectivity index (χ0n) is 10.7. The van der Waals surface area contributed by atoms with Crippen molar-refractivity contribution in [2.24, 2.45) is 5.73 Å². The second-order valence-electron chi connectivity index (χ2n) is 4.34. The number of hydrogen-bond acceptors (Lipinski definition) is 3. The number of rotatable bonds is 3. The Kier molecular flexibility index (Phi) is 3.56. The maximum Gasteiger partial charge on any atom is 0.248 e. The summed E-state index contributed by atoms with van der Waals surface area (Å²) in [6.07, 6.45) is 0. The molecule has 2 aromatic rings. The second kappa shape index (κ2) is 5.16. The van der Waals surface area contributed by atoms with Crippen molar-refractivity contribution in [2.45, 2.75) is 6.92 Å². The highest BCUT2D eigenvalue weighted by atomic mass is 19.1. The lowest BCUT2D eigenvalue weighted by Crippen LogP contribution is -2.12. The molecule has 0 aliphatic heterocycles. The monoisotopic (exact) mass is 277 g/mol. The number of amides is 1. The Morgan fingerprint density at radius 1 is 1.20 bits per heavy atom. The lowest BCUT2D eigenvalue weighted by atomic mass is 10.1. The molecule has 0 saturated heterocycles. The van der Waals surface area contributed by atoms with E-state index in [-0.39, 0.29) is 22.6 Å². The summed E-state index contributed by atoms with van der Waals surface area (Å²) < 4.78 is 27.6. The fraction of sp³-hybridized carbons (Fsp3) is 0.0714. The van der Waals surface area contributed by atoms with Gasteiger partial charge in [-0.25, -0.2) is 8.78 Å². The van der Waals surface area contributed by atoms with E-state index in [1.54, 1.807) is 0 Å². The summed E-state index contributed by atoms with van der Waals surface area (Å²) >= 11 is 0. The maximum atomic E-state index is 13.9. The number of benzene rings is 2. The van der Waals surface area contributed by atoms with Gasteiger partial charge in [-0.3, -0.25) is 4.79 Å². The molecule has 2 aromatic carbocycles. The fourth-order valence-electron chi connectivity index (χ4n) is 1.72. The Bertz CT molecular complexity index is 686. The Hall–Kier alpha value is -2.63. The summed E-state index contributed by atoms with van der Waals surface area (Å²) in [6, 6.07) is 6.70. The van der Waals surface area contributed by atoms with Gasteiger partial charge < -0.3 is 16.8 Å². The molecular weight excluding hydrogens is 264 g/mol. The second-order valence-corrected chi connectivity index (χ2v) is 4.34. The fourth-order valence-corrected chi connectivity index (χ4v) is 1.72. The van der Waals surface area contributed by atoms with Gasteiger partial charge in [-0.15, -0.1) is 0 Å². The molecule has 6 heteroatoms. The molecule has 0 heterocycles. The van der Waals surface area contributed by atoms with Crippen molar-refractivity contribution in [3.63, 3.8) is 0 Å². The molecule has 0 atom stereocenters. The summed E-state index contributed by atoms with van der Waals surface area (Å²) in [5.74, 6) is -2.12. The first kappa shape index (κ1) is 13.8. The Labute approximate surface area is 114 Å². The number of nitrogens with one attached hydrogen (secondary N) is 1. The van der Waals surface area contributed by atoms with Crippen LogP contribution >= 0.6 is 0 Å². The molecule has 0 radical (unpaired) electrons. The van der Waals surface area contributed by atoms with Crippen LogP contribution in [0.2, 0.25) is 0 Å². The average Bonchev–Trinajstić information content (AvgIpc) is 2.41. The number of aryl methyl sites for hydroxylation is 1. The van der Waals surface area contributed by atoms with Crippen LogP contribution in [0.15, 0.2) is 30.3 Å². The van der Waals surface area contributed by atoms with Crippen molar-refractivity contribution in [2.75, 3.05) is 11.1 Å². The van der Waals surface area contributed by atoms with Gasteiger partial charge in [0.2, 0.25) is 5.91 Å². The van der Waals surface area contributed by atoms with E-state index in [1.807, 2.05) is 0 Å². The Morgan fingerprint density at radius 3 is 2.55 bits per heavy atom. The first-order chi connectivity index (χ1) is 9.40. The first-order valence-corrected chi connectivity index (χ1v) is 5.81. The Balaban J connectivity index is 2.47. The molecule has 2 rings (SSSR count). The van der Waals surface area contributed by atoms with Gasteiger partial charge in [-0.1, -0.05) is 6.07 Å². The number of anilines is 3. The molecule has 0 unspecified atom stereocenters. The zero-order valence-corrected chi connectivity index (χ0v) is 10.7. The third-order valence-corrected chi connectivity index (χ3v) is 2.88. The number of nitrogens with two attached hydrogens (primary N) is 2. The number of nitrogen functional groups attached to an aromatic ring is 1. The SMILES string of the molecule is Cc1ccc(F)c(Nc2cc(C(N)=O)ccc2N)c1F. The highest BCUT2D eigenvalue weighted by Gasteiger charge is 2.13. The van der Waals surface area contributed by atoms with E-state index in [9.17, 15) is 13.6 Å². The third kappa shape index (κ3) is 2.54. The number of carbonyl (C=O) groups excluding carboxylic acids is 1. The first-order valence-electron chi connectivity index (χ1n) is 5.81. The summed E-state index contributed by atoms with van der Waals surface area (Å²) in [5, 5.41) is 2.56. The van der Waals surface area contributed by atoms with Crippen molar-refractivity contribution in [1.82, 2.24) is 0 Å². The third-order valence-electron chi connectivity index (χ3n) is 2.88. The highest BCUT2D eigenvalue weighted by molar-refractivity contribution is 5.95. The van der Waals surface area contributed by atoms with Crippen molar-refractivity contribution in [1.29, 1.82) is 0 Å². The number of carbonyl (C=O) groups is 1. The normalized spacial score (nSPS) is 10.3. The van der Waals surface area contributed by atoms with Crippen molar-refractivity contribution < 1.29 is 13.6 Å². The standard InChI is InChI=1S/C14H13F2N3O/c1-7-2-4-9(15)13(12(7)16)19-11-6-8(14(18)20)3-5-10(11)17/h2-6,19H,17H2,1H3,(H2,18,20). The predicted octanol–water partition coefficient (Wildman–Crippen LogP) is 2.70. The molecular formula is C14H13F2N3O. The predicted molar refractivity (Wildman–Crippen MR) is 73.8 cm³/mol. The van der Waals surface area contributed by atoms with Crippen molar-refractivity contribution in [3.8, 4) is 0 Å². The van der Waals surface area contributed by atoms with Crippen LogP contribution in [0.4, 0.5) is 25.8 Å². The van der Waals surface area contributed by atoms with Gasteiger partial charge in [-0.2, -0.15) is 0 Å². The molecule has 20 heavy (non-hydrogen) atoms. The molecule has 0 aromatic heterocycles. The van der Waals surface area contributed by atoms with Gasteiger partial charge in [0.1, 0.15) is 11.5 Å². The van der Waals surface area contributed by atoms with Gasteiger partial charge >= 0.3 is 0 Å². The topological polar surface area (TPSA) is 81.1 Å². The largest absolute Gasteiger partial charge is 0.397 e. The summed E-state index contributed by atoms with van der Waals surface area (Å²) in [7, 11) is 0. The van der Waals surface area contributed by atoms with E-state index in [2.05, 4.69) is 5.32 Å². The van der Waals surface area contributed by atoms with E-state index < -0.39 is 17.5 Å². The van der Waals surface area contributed by atoms with Crippen LogP contribution in [0, 0.1) is 18.6 Å².